The van der Waals surface area contributed by atoms with Gasteiger partial charge in [-0.1, -0.05) is 0 Å². The molecule has 0 aliphatic carbocycles. The third-order valence-electron chi connectivity index (χ3n) is 5.27. The van der Waals surface area contributed by atoms with E-state index in [2.05, 4.69) is 4.98 Å². The van der Waals surface area contributed by atoms with Crippen LogP contribution >= 0.6 is 11.3 Å². The van der Waals surface area contributed by atoms with Gasteiger partial charge in [0, 0.05) is 37.8 Å². The maximum Gasteiger partial charge on any atom is 0.296 e. The molecule has 2 amide bonds. The number of hydrogen-bond donors (Lipinski definition) is 0. The van der Waals surface area contributed by atoms with Gasteiger partial charge in [0.15, 0.2) is 0 Å². The van der Waals surface area contributed by atoms with Crippen LogP contribution in [-0.2, 0) is 23.2 Å². The lowest BCUT2D eigenvalue weighted by atomic mass is 9.94. The summed E-state index contributed by atoms with van der Waals surface area (Å²) in [6.07, 6.45) is 3.35. The predicted octanol–water partition coefficient (Wildman–Crippen LogP) is 1.31. The van der Waals surface area contributed by atoms with Crippen LogP contribution < -0.4 is 0 Å². The van der Waals surface area contributed by atoms with Gasteiger partial charge in [-0.3, -0.25) is 14.4 Å². The lowest BCUT2D eigenvalue weighted by Crippen LogP contribution is -2.47. The molecule has 8 heteroatoms. The number of thiazole rings is 1. The Hall–Kier alpha value is -2.48. The van der Waals surface area contributed by atoms with E-state index in [1.807, 2.05) is 10.3 Å². The van der Waals surface area contributed by atoms with Gasteiger partial charge >= 0.3 is 0 Å². The van der Waals surface area contributed by atoms with Gasteiger partial charge in [-0.25, -0.2) is 4.98 Å². The van der Waals surface area contributed by atoms with Crippen molar-refractivity contribution < 1.29 is 14.4 Å². The summed E-state index contributed by atoms with van der Waals surface area (Å²) in [4.78, 5) is 45.8. The molecule has 3 aliphatic heterocycles. The van der Waals surface area contributed by atoms with E-state index in [1.54, 1.807) is 40.4 Å². The van der Waals surface area contributed by atoms with E-state index < -0.39 is 11.7 Å². The van der Waals surface area contributed by atoms with Gasteiger partial charge in [0.1, 0.15) is 0 Å². The smallest absolute Gasteiger partial charge is 0.296 e. The number of piperidine rings is 1. The van der Waals surface area contributed by atoms with Crippen LogP contribution in [0.2, 0.25) is 0 Å². The highest BCUT2D eigenvalue weighted by atomic mass is 32.1. The lowest BCUT2D eigenvalue weighted by molar-refractivity contribution is -0.140. The summed E-state index contributed by atoms with van der Waals surface area (Å²) in [5.41, 5.74) is 3.00. The van der Waals surface area contributed by atoms with Crippen LogP contribution in [0.5, 0.6) is 0 Å². The molecule has 2 atom stereocenters. The molecule has 136 valence electrons. The average molecular weight is 372 g/mol. The van der Waals surface area contributed by atoms with Crippen LogP contribution in [0, 0.1) is 5.92 Å². The summed E-state index contributed by atoms with van der Waals surface area (Å²) < 4.78 is 1.65. The zero-order valence-corrected chi connectivity index (χ0v) is 15.3. The van der Waals surface area contributed by atoms with Crippen LogP contribution in [-0.4, -0.2) is 56.1 Å². The molecule has 5 heterocycles. The largest absolute Gasteiger partial charge is 0.348 e. The van der Waals surface area contributed by atoms with E-state index in [0.717, 1.165) is 18.5 Å². The fourth-order valence-electron chi connectivity index (χ4n) is 3.85. The van der Waals surface area contributed by atoms with Crippen molar-refractivity contribution in [2.24, 2.45) is 13.0 Å². The van der Waals surface area contributed by atoms with Crippen molar-refractivity contribution >= 4 is 28.9 Å². The Morgan fingerprint density at radius 2 is 2.15 bits per heavy atom. The third kappa shape index (κ3) is 2.94. The van der Waals surface area contributed by atoms with Crippen LogP contribution in [0.3, 0.4) is 0 Å². The highest BCUT2D eigenvalue weighted by molar-refractivity contribution is 7.07. The van der Waals surface area contributed by atoms with Crippen molar-refractivity contribution in [1.82, 2.24) is 19.4 Å². The zero-order chi connectivity index (χ0) is 18.3. The SMILES string of the molecule is Cn1cccc1C(=O)C(=O)N1C[C@H]2CC[C@@H](C1)N(Cc1cscn1)C2=O. The Bertz CT molecular complexity index is 845. The summed E-state index contributed by atoms with van der Waals surface area (Å²) >= 11 is 1.50. The topological polar surface area (TPSA) is 75.5 Å². The minimum Gasteiger partial charge on any atom is -0.348 e. The van der Waals surface area contributed by atoms with Crippen molar-refractivity contribution in [1.29, 1.82) is 0 Å². The number of carbonyl (C=O) groups excluding carboxylic acids is 3. The highest BCUT2D eigenvalue weighted by Crippen LogP contribution is 2.30. The van der Waals surface area contributed by atoms with Gasteiger partial charge in [-0.15, -0.1) is 11.3 Å². The molecule has 2 aromatic heterocycles. The molecule has 26 heavy (non-hydrogen) atoms. The van der Waals surface area contributed by atoms with E-state index >= 15 is 0 Å². The Labute approximate surface area is 155 Å². The zero-order valence-electron chi connectivity index (χ0n) is 14.5. The number of fused-ring (bicyclic) bond motifs is 4. The van der Waals surface area contributed by atoms with Gasteiger partial charge in [0.2, 0.25) is 5.91 Å². The summed E-state index contributed by atoms with van der Waals surface area (Å²) in [6, 6.07) is 3.33. The molecule has 0 unspecified atom stereocenters. The van der Waals surface area contributed by atoms with Gasteiger partial charge < -0.3 is 14.4 Å². The van der Waals surface area contributed by atoms with Crippen molar-refractivity contribution in [3.63, 3.8) is 0 Å². The Kier molecular flexibility index (Phi) is 4.36. The number of amides is 2. The standard InChI is InChI=1S/C18H20N4O3S/c1-20-6-2-3-15(20)16(23)18(25)21-7-12-4-5-14(9-21)22(17(12)24)8-13-10-26-11-19-13/h2-3,6,10-12,14H,4-5,7-9H2,1H3/t12-,14+/m1/s1. The molecule has 2 aromatic rings. The molecule has 2 bridgehead atoms. The minimum absolute atomic E-state index is 0.0619. The van der Waals surface area contributed by atoms with Crippen molar-refractivity contribution in [3.05, 3.63) is 40.6 Å². The van der Waals surface area contributed by atoms with Gasteiger partial charge in [-0.2, -0.15) is 0 Å². The van der Waals surface area contributed by atoms with Crippen molar-refractivity contribution in [3.8, 4) is 0 Å². The quantitative estimate of drug-likeness (QED) is 0.599. The summed E-state index contributed by atoms with van der Waals surface area (Å²) in [6.45, 7) is 1.19. The first-order chi connectivity index (χ1) is 12.5. The number of aromatic nitrogens is 2. The van der Waals surface area contributed by atoms with E-state index in [0.29, 0.717) is 25.3 Å². The van der Waals surface area contributed by atoms with E-state index in [1.165, 1.54) is 11.3 Å². The molecule has 0 spiro atoms. The monoisotopic (exact) mass is 372 g/mol. The van der Waals surface area contributed by atoms with Crippen LogP contribution in [0.4, 0.5) is 0 Å². The first-order valence-corrected chi connectivity index (χ1v) is 9.61. The van der Waals surface area contributed by atoms with E-state index in [4.69, 9.17) is 0 Å². The number of ketones is 1. The summed E-state index contributed by atoms with van der Waals surface area (Å²) in [7, 11) is 1.74. The number of nitrogens with zero attached hydrogens (tertiary/aromatic N) is 4. The first-order valence-electron chi connectivity index (χ1n) is 8.67. The number of hydrogen-bond acceptors (Lipinski definition) is 5. The predicted molar refractivity (Wildman–Crippen MR) is 95.5 cm³/mol. The number of rotatable bonds is 4. The normalized spacial score (nSPS) is 22.6. The van der Waals surface area contributed by atoms with Gasteiger partial charge in [0.25, 0.3) is 11.7 Å². The van der Waals surface area contributed by atoms with Crippen LogP contribution in [0.15, 0.2) is 29.2 Å². The minimum atomic E-state index is -0.521. The average Bonchev–Trinajstić information content (AvgIpc) is 3.22. The fraction of sp³-hybridized carbons (Fsp3) is 0.444. The molecule has 7 nitrogen and oxygen atoms in total. The molecular weight excluding hydrogens is 352 g/mol. The molecule has 0 N–H and O–H groups in total. The Balaban J connectivity index is 1.54. The van der Waals surface area contributed by atoms with Crippen LogP contribution in [0.1, 0.15) is 29.0 Å². The summed E-state index contributed by atoms with van der Waals surface area (Å²) in [5.74, 6) is -1.21. The number of carbonyl (C=O) groups is 3. The highest BCUT2D eigenvalue weighted by Gasteiger charge is 2.43. The Morgan fingerprint density at radius 3 is 2.85 bits per heavy atom. The fourth-order valence-corrected chi connectivity index (χ4v) is 4.40. The van der Waals surface area contributed by atoms with Crippen molar-refractivity contribution in [2.75, 3.05) is 13.1 Å². The second kappa shape index (κ2) is 6.68. The molecule has 3 fully saturated rings. The third-order valence-corrected chi connectivity index (χ3v) is 5.90. The number of Topliss-reactive ketones (excluding diaryl/α,β-unsaturated/α-hetero) is 1. The van der Waals surface area contributed by atoms with E-state index in [9.17, 15) is 14.4 Å². The first kappa shape index (κ1) is 17.0. The second-order valence-electron chi connectivity index (χ2n) is 6.92. The molecule has 3 aliphatic rings. The second-order valence-corrected chi connectivity index (χ2v) is 7.64. The maximum absolute atomic E-state index is 12.8. The Morgan fingerprint density at radius 1 is 1.31 bits per heavy atom. The van der Waals surface area contributed by atoms with Crippen molar-refractivity contribution in [2.45, 2.75) is 25.4 Å². The molecule has 5 rings (SSSR count). The maximum atomic E-state index is 12.8. The summed E-state index contributed by atoms with van der Waals surface area (Å²) in [5, 5.41) is 1.94. The lowest BCUT2D eigenvalue weighted by Gasteiger charge is -2.35. The van der Waals surface area contributed by atoms with Crippen LogP contribution in [0.25, 0.3) is 0 Å². The molecular formula is C18H20N4O3S. The van der Waals surface area contributed by atoms with Gasteiger partial charge in [-0.05, 0) is 25.0 Å². The molecule has 0 saturated carbocycles. The molecule has 3 saturated heterocycles. The number of aryl methyl sites for hydroxylation is 1. The van der Waals surface area contributed by atoms with Gasteiger partial charge in [0.05, 0.1) is 29.4 Å². The van der Waals surface area contributed by atoms with E-state index in [-0.39, 0.29) is 17.9 Å². The molecule has 0 radical (unpaired) electrons. The molecule has 0 aromatic carbocycles.